The molecule has 1 aliphatic carbocycles. The highest BCUT2D eigenvalue weighted by atomic mass is 16.2. The second-order valence-corrected chi connectivity index (χ2v) is 6.92. The maximum absolute atomic E-state index is 12.3. The maximum Gasteiger partial charge on any atom is 0.246 e. The van der Waals surface area contributed by atoms with E-state index in [1.807, 2.05) is 38.1 Å². The molecular formula is C20H26N4O2. The predicted molar refractivity (Wildman–Crippen MR) is 101 cm³/mol. The molecular weight excluding hydrogens is 328 g/mol. The van der Waals surface area contributed by atoms with Gasteiger partial charge in [0.25, 0.3) is 0 Å². The first-order chi connectivity index (χ1) is 12.5. The van der Waals surface area contributed by atoms with E-state index in [1.165, 1.54) is 5.56 Å². The zero-order valence-electron chi connectivity index (χ0n) is 15.6. The summed E-state index contributed by atoms with van der Waals surface area (Å²) in [6.45, 7) is 6.25. The Morgan fingerprint density at radius 2 is 1.85 bits per heavy atom. The standard InChI is InChI=1S/C20H26N4O2/c1-4-18-13(2)23-24(14(18)3)12-20(26)22-16-7-5-15(6-8-16)11-19(25)21-17-9-10-17/h5-8,17H,4,9-12H2,1-3H3,(H,21,25)(H,22,26). The van der Waals surface area contributed by atoms with Gasteiger partial charge < -0.3 is 10.6 Å². The summed E-state index contributed by atoms with van der Waals surface area (Å²) in [4.78, 5) is 24.1. The quantitative estimate of drug-likeness (QED) is 0.802. The third-order valence-corrected chi connectivity index (χ3v) is 4.72. The van der Waals surface area contributed by atoms with Gasteiger partial charge in [-0.2, -0.15) is 5.10 Å². The van der Waals surface area contributed by atoms with Crippen molar-refractivity contribution in [1.29, 1.82) is 0 Å². The van der Waals surface area contributed by atoms with Crippen molar-refractivity contribution in [3.63, 3.8) is 0 Å². The highest BCUT2D eigenvalue weighted by Gasteiger charge is 2.23. The van der Waals surface area contributed by atoms with E-state index in [0.29, 0.717) is 12.5 Å². The van der Waals surface area contributed by atoms with Crippen LogP contribution in [-0.4, -0.2) is 27.6 Å². The summed E-state index contributed by atoms with van der Waals surface area (Å²) in [5, 5.41) is 10.3. The van der Waals surface area contributed by atoms with E-state index < -0.39 is 0 Å². The fraction of sp³-hybridized carbons (Fsp3) is 0.450. The molecule has 138 valence electrons. The molecule has 6 heteroatoms. The number of hydrogen-bond donors (Lipinski definition) is 2. The molecule has 1 fully saturated rings. The van der Waals surface area contributed by atoms with Gasteiger partial charge in [-0.3, -0.25) is 14.3 Å². The molecule has 0 unspecified atom stereocenters. The van der Waals surface area contributed by atoms with Gasteiger partial charge in [0.1, 0.15) is 6.54 Å². The lowest BCUT2D eigenvalue weighted by atomic mass is 10.1. The Bertz CT molecular complexity index is 804. The van der Waals surface area contributed by atoms with Crippen molar-refractivity contribution in [3.8, 4) is 0 Å². The second kappa shape index (κ2) is 7.72. The minimum absolute atomic E-state index is 0.0561. The summed E-state index contributed by atoms with van der Waals surface area (Å²) < 4.78 is 1.75. The normalized spacial score (nSPS) is 13.5. The van der Waals surface area contributed by atoms with Crippen LogP contribution in [0.25, 0.3) is 0 Å². The summed E-state index contributed by atoms with van der Waals surface area (Å²) in [6, 6.07) is 7.79. The zero-order valence-corrected chi connectivity index (χ0v) is 15.6. The summed E-state index contributed by atoms with van der Waals surface area (Å²) in [5.74, 6) is -0.0574. The van der Waals surface area contributed by atoms with E-state index >= 15 is 0 Å². The van der Waals surface area contributed by atoms with Gasteiger partial charge in [0, 0.05) is 17.4 Å². The lowest BCUT2D eigenvalue weighted by molar-refractivity contribution is -0.120. The number of carbonyl (C=O) groups excluding carboxylic acids is 2. The summed E-state index contributed by atoms with van der Waals surface area (Å²) in [5.41, 5.74) is 4.88. The second-order valence-electron chi connectivity index (χ2n) is 6.92. The monoisotopic (exact) mass is 354 g/mol. The minimum atomic E-state index is -0.113. The Labute approximate surface area is 154 Å². The Morgan fingerprint density at radius 1 is 1.15 bits per heavy atom. The molecule has 1 saturated carbocycles. The summed E-state index contributed by atoms with van der Waals surface area (Å²) in [6.07, 6.45) is 3.46. The van der Waals surface area contributed by atoms with Gasteiger partial charge in [-0.15, -0.1) is 0 Å². The Hall–Kier alpha value is -2.63. The average Bonchev–Trinajstić information content (AvgIpc) is 3.35. The van der Waals surface area contributed by atoms with Crippen LogP contribution < -0.4 is 10.6 Å². The molecule has 2 amide bonds. The zero-order chi connectivity index (χ0) is 18.7. The van der Waals surface area contributed by atoms with Gasteiger partial charge in [-0.1, -0.05) is 19.1 Å². The smallest absolute Gasteiger partial charge is 0.246 e. The number of carbonyl (C=O) groups is 2. The molecule has 1 aromatic carbocycles. The molecule has 26 heavy (non-hydrogen) atoms. The van der Waals surface area contributed by atoms with E-state index in [1.54, 1.807) is 4.68 Å². The Balaban J connectivity index is 1.54. The topological polar surface area (TPSA) is 76.0 Å². The number of amides is 2. The van der Waals surface area contributed by atoms with Crippen molar-refractivity contribution >= 4 is 17.5 Å². The van der Waals surface area contributed by atoms with Crippen molar-refractivity contribution in [2.75, 3.05) is 5.32 Å². The number of aromatic nitrogens is 2. The number of benzene rings is 1. The number of nitrogens with zero attached hydrogens (tertiary/aromatic N) is 2. The fourth-order valence-electron chi connectivity index (χ4n) is 3.13. The SMILES string of the molecule is CCc1c(C)nn(CC(=O)Nc2ccc(CC(=O)NC3CC3)cc2)c1C. The van der Waals surface area contributed by atoms with E-state index in [4.69, 9.17) is 0 Å². The average molecular weight is 354 g/mol. The van der Waals surface area contributed by atoms with Gasteiger partial charge in [0.2, 0.25) is 11.8 Å². The van der Waals surface area contributed by atoms with E-state index in [0.717, 1.165) is 41.9 Å². The number of anilines is 1. The van der Waals surface area contributed by atoms with Crippen LogP contribution in [0.4, 0.5) is 5.69 Å². The molecule has 0 aliphatic heterocycles. The van der Waals surface area contributed by atoms with Crippen LogP contribution in [0.5, 0.6) is 0 Å². The highest BCUT2D eigenvalue weighted by molar-refractivity contribution is 5.90. The molecule has 3 rings (SSSR count). The van der Waals surface area contributed by atoms with Crippen molar-refractivity contribution < 1.29 is 9.59 Å². The first-order valence-electron chi connectivity index (χ1n) is 9.17. The molecule has 1 aliphatic rings. The van der Waals surface area contributed by atoms with Crippen molar-refractivity contribution in [1.82, 2.24) is 15.1 Å². The highest BCUT2D eigenvalue weighted by Crippen LogP contribution is 2.19. The van der Waals surface area contributed by atoms with Crippen molar-refractivity contribution in [3.05, 3.63) is 46.8 Å². The summed E-state index contributed by atoms with van der Waals surface area (Å²) >= 11 is 0. The third-order valence-electron chi connectivity index (χ3n) is 4.72. The largest absolute Gasteiger partial charge is 0.353 e. The van der Waals surface area contributed by atoms with E-state index in [2.05, 4.69) is 22.7 Å². The van der Waals surface area contributed by atoms with Crippen LogP contribution in [0.1, 0.15) is 42.3 Å². The molecule has 0 radical (unpaired) electrons. The van der Waals surface area contributed by atoms with Gasteiger partial charge in [-0.05, 0) is 56.4 Å². The van der Waals surface area contributed by atoms with Crippen LogP contribution in [0.3, 0.4) is 0 Å². The van der Waals surface area contributed by atoms with Crippen molar-refractivity contribution in [2.24, 2.45) is 0 Å². The van der Waals surface area contributed by atoms with Gasteiger partial charge in [0.05, 0.1) is 12.1 Å². The van der Waals surface area contributed by atoms with Crippen LogP contribution in [0, 0.1) is 13.8 Å². The van der Waals surface area contributed by atoms with Crippen molar-refractivity contribution in [2.45, 2.75) is 59.0 Å². The Kier molecular flexibility index (Phi) is 5.40. The summed E-state index contributed by atoms with van der Waals surface area (Å²) in [7, 11) is 0. The van der Waals surface area contributed by atoms with Crippen LogP contribution in [-0.2, 0) is 29.0 Å². The molecule has 0 bridgehead atoms. The van der Waals surface area contributed by atoms with Gasteiger partial charge in [0.15, 0.2) is 0 Å². The molecule has 6 nitrogen and oxygen atoms in total. The number of nitrogens with one attached hydrogen (secondary N) is 2. The molecule has 0 spiro atoms. The van der Waals surface area contributed by atoms with Crippen LogP contribution in [0.2, 0.25) is 0 Å². The number of rotatable bonds is 7. The first-order valence-corrected chi connectivity index (χ1v) is 9.17. The number of hydrogen-bond acceptors (Lipinski definition) is 3. The number of aryl methyl sites for hydroxylation is 1. The molecule has 2 aromatic rings. The predicted octanol–water partition coefficient (Wildman–Crippen LogP) is 2.52. The first kappa shape index (κ1) is 18.2. The van der Waals surface area contributed by atoms with Gasteiger partial charge in [-0.25, -0.2) is 0 Å². The molecule has 2 N–H and O–H groups in total. The molecule has 0 saturated heterocycles. The Morgan fingerprint density at radius 3 is 2.42 bits per heavy atom. The minimum Gasteiger partial charge on any atom is -0.353 e. The molecule has 1 aromatic heterocycles. The van der Waals surface area contributed by atoms with E-state index in [-0.39, 0.29) is 18.4 Å². The fourth-order valence-corrected chi connectivity index (χ4v) is 3.13. The van der Waals surface area contributed by atoms with E-state index in [9.17, 15) is 9.59 Å². The lowest BCUT2D eigenvalue weighted by Crippen LogP contribution is -2.26. The third kappa shape index (κ3) is 4.50. The van der Waals surface area contributed by atoms with Gasteiger partial charge >= 0.3 is 0 Å². The molecule has 0 atom stereocenters. The molecule has 1 heterocycles. The lowest BCUT2D eigenvalue weighted by Gasteiger charge is -2.08. The van der Waals surface area contributed by atoms with Crippen LogP contribution in [0.15, 0.2) is 24.3 Å². The van der Waals surface area contributed by atoms with Crippen LogP contribution >= 0.6 is 0 Å². The maximum atomic E-state index is 12.3.